The summed E-state index contributed by atoms with van der Waals surface area (Å²) < 4.78 is 18.5. The van der Waals surface area contributed by atoms with Crippen molar-refractivity contribution in [3.05, 3.63) is 65.5 Å². The number of hydrogen-bond acceptors (Lipinski definition) is 4. The molecule has 1 fully saturated rings. The molecular formula is C19H19FN2O3S. The molecule has 1 atom stereocenters. The minimum absolute atomic E-state index is 0.159. The van der Waals surface area contributed by atoms with E-state index in [1.807, 2.05) is 30.3 Å². The second-order valence-electron chi connectivity index (χ2n) is 5.97. The highest BCUT2D eigenvalue weighted by atomic mass is 32.2. The summed E-state index contributed by atoms with van der Waals surface area (Å²) in [6, 6.07) is 12.9. The van der Waals surface area contributed by atoms with Crippen molar-refractivity contribution in [3.8, 4) is 0 Å². The van der Waals surface area contributed by atoms with Crippen LogP contribution < -0.4 is 5.32 Å². The first-order valence-electron chi connectivity index (χ1n) is 8.16. The summed E-state index contributed by atoms with van der Waals surface area (Å²) in [5.41, 5.74) is 2.05. The van der Waals surface area contributed by atoms with Crippen LogP contribution in [0.15, 0.2) is 48.5 Å². The van der Waals surface area contributed by atoms with E-state index in [4.69, 9.17) is 4.74 Å². The lowest BCUT2D eigenvalue weighted by atomic mass is 10.2. The minimum atomic E-state index is -0.618. The standard InChI is InChI=1S/C19H19FN2O3S/c1-13-9-15(20)7-8-16(13)21-18(23)17-11-26-12-22(17)19(24)25-10-14-5-3-2-4-6-14/h2-9,17H,10-12H2,1H3,(H,21,23)/t17-/m0/s1. The van der Waals surface area contributed by atoms with E-state index >= 15 is 0 Å². The van der Waals surface area contributed by atoms with Crippen molar-refractivity contribution < 1.29 is 18.7 Å². The Bertz CT molecular complexity index is 801. The molecule has 0 radical (unpaired) electrons. The third-order valence-corrected chi connectivity index (χ3v) is 5.08. The zero-order valence-corrected chi connectivity index (χ0v) is 15.1. The number of hydrogen-bond donors (Lipinski definition) is 1. The summed E-state index contributed by atoms with van der Waals surface area (Å²) in [6.45, 7) is 1.88. The first-order valence-corrected chi connectivity index (χ1v) is 9.32. The van der Waals surface area contributed by atoms with E-state index in [1.165, 1.54) is 34.9 Å². The molecule has 2 aromatic carbocycles. The Hall–Kier alpha value is -2.54. The minimum Gasteiger partial charge on any atom is -0.445 e. The predicted molar refractivity (Wildman–Crippen MR) is 99.3 cm³/mol. The van der Waals surface area contributed by atoms with Crippen molar-refractivity contribution in [1.29, 1.82) is 0 Å². The van der Waals surface area contributed by atoms with Gasteiger partial charge < -0.3 is 10.1 Å². The molecule has 2 amide bonds. The fourth-order valence-electron chi connectivity index (χ4n) is 2.63. The van der Waals surface area contributed by atoms with Crippen molar-refractivity contribution in [2.75, 3.05) is 16.9 Å². The molecule has 0 aromatic heterocycles. The lowest BCUT2D eigenvalue weighted by Crippen LogP contribution is -2.44. The number of nitrogens with zero attached hydrogens (tertiary/aromatic N) is 1. The highest BCUT2D eigenvalue weighted by Gasteiger charge is 2.35. The van der Waals surface area contributed by atoms with Crippen LogP contribution in [0, 0.1) is 12.7 Å². The van der Waals surface area contributed by atoms with Crippen molar-refractivity contribution in [2.45, 2.75) is 19.6 Å². The third kappa shape index (κ3) is 4.35. The molecule has 1 aliphatic rings. The molecule has 0 saturated carbocycles. The number of nitrogens with one attached hydrogen (secondary N) is 1. The van der Waals surface area contributed by atoms with Gasteiger partial charge in [0.15, 0.2) is 0 Å². The maximum atomic E-state index is 13.2. The number of carbonyl (C=O) groups is 2. The normalized spacial score (nSPS) is 16.4. The smallest absolute Gasteiger partial charge is 0.411 e. The fraction of sp³-hybridized carbons (Fsp3) is 0.263. The number of thioether (sulfide) groups is 1. The van der Waals surface area contributed by atoms with E-state index in [0.29, 0.717) is 22.9 Å². The second-order valence-corrected chi connectivity index (χ2v) is 6.97. The van der Waals surface area contributed by atoms with Gasteiger partial charge in [-0.3, -0.25) is 9.69 Å². The molecule has 0 bridgehead atoms. The van der Waals surface area contributed by atoms with Gasteiger partial charge in [0.25, 0.3) is 0 Å². The molecule has 0 aliphatic carbocycles. The summed E-state index contributed by atoms with van der Waals surface area (Å²) in [7, 11) is 0. The average Bonchev–Trinajstić information content (AvgIpc) is 3.13. The number of ether oxygens (including phenoxy) is 1. The summed E-state index contributed by atoms with van der Waals surface area (Å²) in [5.74, 6) is 0.227. The van der Waals surface area contributed by atoms with E-state index in [2.05, 4.69) is 5.32 Å². The van der Waals surface area contributed by atoms with E-state index < -0.39 is 12.1 Å². The quantitative estimate of drug-likeness (QED) is 0.885. The number of halogens is 1. The van der Waals surface area contributed by atoms with Crippen LogP contribution in [0.5, 0.6) is 0 Å². The zero-order valence-electron chi connectivity index (χ0n) is 14.3. The van der Waals surface area contributed by atoms with Crippen LogP contribution in [0.1, 0.15) is 11.1 Å². The Morgan fingerprint density at radius 3 is 2.77 bits per heavy atom. The maximum Gasteiger partial charge on any atom is 0.411 e. The summed E-state index contributed by atoms with van der Waals surface area (Å²) >= 11 is 1.49. The lowest BCUT2D eigenvalue weighted by Gasteiger charge is -2.22. The molecule has 0 spiro atoms. The second kappa shape index (κ2) is 8.23. The molecular weight excluding hydrogens is 355 g/mol. The van der Waals surface area contributed by atoms with Crippen LogP contribution in [-0.4, -0.2) is 34.6 Å². The topological polar surface area (TPSA) is 58.6 Å². The number of anilines is 1. The van der Waals surface area contributed by atoms with Gasteiger partial charge in [-0.1, -0.05) is 30.3 Å². The molecule has 1 N–H and O–H groups in total. The van der Waals surface area contributed by atoms with E-state index in [-0.39, 0.29) is 18.3 Å². The summed E-state index contributed by atoms with van der Waals surface area (Å²) in [5, 5.41) is 2.77. The number of benzene rings is 2. The van der Waals surface area contributed by atoms with Gasteiger partial charge in [-0.25, -0.2) is 9.18 Å². The average molecular weight is 374 g/mol. The van der Waals surface area contributed by atoms with Gasteiger partial charge in [-0.05, 0) is 36.2 Å². The van der Waals surface area contributed by atoms with Gasteiger partial charge in [0.2, 0.25) is 5.91 Å². The lowest BCUT2D eigenvalue weighted by molar-refractivity contribution is -0.119. The van der Waals surface area contributed by atoms with Crippen LogP contribution in [0.25, 0.3) is 0 Å². The summed E-state index contributed by atoms with van der Waals surface area (Å²) in [4.78, 5) is 26.4. The van der Waals surface area contributed by atoms with Gasteiger partial charge in [0.1, 0.15) is 18.5 Å². The van der Waals surface area contributed by atoms with Crippen LogP contribution in [0.4, 0.5) is 14.9 Å². The van der Waals surface area contributed by atoms with Crippen molar-refractivity contribution in [2.24, 2.45) is 0 Å². The van der Waals surface area contributed by atoms with Crippen LogP contribution in [-0.2, 0) is 16.1 Å². The Morgan fingerprint density at radius 1 is 1.27 bits per heavy atom. The van der Waals surface area contributed by atoms with Gasteiger partial charge in [-0.15, -0.1) is 11.8 Å². The number of aryl methyl sites for hydroxylation is 1. The Labute approximate surface area is 155 Å². The number of carbonyl (C=O) groups excluding carboxylic acids is 2. The van der Waals surface area contributed by atoms with Gasteiger partial charge in [0, 0.05) is 11.4 Å². The van der Waals surface area contributed by atoms with Crippen molar-refractivity contribution in [3.63, 3.8) is 0 Å². The molecule has 5 nitrogen and oxygen atoms in total. The van der Waals surface area contributed by atoms with E-state index in [1.54, 1.807) is 6.92 Å². The molecule has 3 rings (SSSR count). The largest absolute Gasteiger partial charge is 0.445 e. The Balaban J connectivity index is 1.61. The molecule has 1 saturated heterocycles. The highest BCUT2D eigenvalue weighted by molar-refractivity contribution is 7.99. The molecule has 1 aliphatic heterocycles. The monoisotopic (exact) mass is 374 g/mol. The van der Waals surface area contributed by atoms with Gasteiger partial charge in [-0.2, -0.15) is 0 Å². The molecule has 7 heteroatoms. The molecule has 2 aromatic rings. The molecule has 1 heterocycles. The van der Waals surface area contributed by atoms with Gasteiger partial charge in [0.05, 0.1) is 5.88 Å². The van der Waals surface area contributed by atoms with E-state index in [9.17, 15) is 14.0 Å². The highest BCUT2D eigenvalue weighted by Crippen LogP contribution is 2.24. The van der Waals surface area contributed by atoms with Gasteiger partial charge >= 0.3 is 6.09 Å². The van der Waals surface area contributed by atoms with Crippen LogP contribution in [0.2, 0.25) is 0 Å². The third-order valence-electron chi connectivity index (χ3n) is 4.07. The SMILES string of the molecule is Cc1cc(F)ccc1NC(=O)[C@@H]1CSCN1C(=O)OCc1ccccc1. The molecule has 136 valence electrons. The number of rotatable bonds is 4. The molecule has 0 unspecified atom stereocenters. The first-order chi connectivity index (χ1) is 12.5. The van der Waals surface area contributed by atoms with Crippen molar-refractivity contribution >= 4 is 29.4 Å². The van der Waals surface area contributed by atoms with Crippen molar-refractivity contribution in [1.82, 2.24) is 4.90 Å². The number of amides is 2. The fourth-order valence-corrected chi connectivity index (χ4v) is 3.77. The zero-order chi connectivity index (χ0) is 18.5. The van der Waals surface area contributed by atoms with E-state index in [0.717, 1.165) is 5.56 Å². The predicted octanol–water partition coefficient (Wildman–Crippen LogP) is 3.78. The Morgan fingerprint density at radius 2 is 2.04 bits per heavy atom. The summed E-state index contributed by atoms with van der Waals surface area (Å²) in [6.07, 6.45) is -0.519. The maximum absolute atomic E-state index is 13.2. The first kappa shape index (κ1) is 18.3. The van der Waals surface area contributed by atoms with Crippen LogP contribution in [0.3, 0.4) is 0 Å². The van der Waals surface area contributed by atoms with Crippen LogP contribution >= 0.6 is 11.8 Å². The molecule has 26 heavy (non-hydrogen) atoms. The Kier molecular flexibility index (Phi) is 5.78.